The average molecular weight is 1440 g/mol. The molecule has 0 radical (unpaired) electrons. The lowest BCUT2D eigenvalue weighted by atomic mass is 10.1. The van der Waals surface area contributed by atoms with E-state index in [-0.39, 0.29) is 0 Å². The van der Waals surface area contributed by atoms with Crippen molar-refractivity contribution in [3.8, 4) is 23.0 Å². The molecule has 0 N–H and O–H groups in total. The fraction of sp³-hybridized carbons (Fsp3) is 0.744. The highest BCUT2D eigenvalue weighted by Crippen LogP contribution is 2.28. The molecule has 4 unspecified atom stereocenters. The van der Waals surface area contributed by atoms with E-state index in [4.69, 9.17) is 56.8 Å². The van der Waals surface area contributed by atoms with Crippen LogP contribution in [0, 0.1) is 0 Å². The molecule has 0 saturated carbocycles. The standard InChI is InChI=1S/C86H154N4O12/c1-13-17-21-25-45-87(5,53-61-95-69-65-91-9)49-29-33-57-99-83-73-81(74-84(77-83)100-58-34-30-50-88(6,46-26-22-18-14-2)54-62-96-70-66-92-10)43-41-79-37-39-80(40-38-79)42-44-82-75-85(101-59-35-31-51-89(7,47-27-23-19-15-3)55-63-97-71-67-93-11)78-86(76-82)102-60-36-32-52-90(8,48-28-24-20-16-4)56-64-98-72-68-94-12/h37-44,73-78H,13-36,45-72H2,1-12H3/q+4/b43-41+,44-42+. The van der Waals surface area contributed by atoms with Crippen molar-refractivity contribution in [1.82, 2.24) is 0 Å². The van der Waals surface area contributed by atoms with E-state index in [1.54, 1.807) is 28.4 Å². The summed E-state index contributed by atoms with van der Waals surface area (Å²) >= 11 is 0. The van der Waals surface area contributed by atoms with Gasteiger partial charge in [-0.15, -0.1) is 0 Å². The van der Waals surface area contributed by atoms with Gasteiger partial charge in [0, 0.05) is 40.6 Å². The van der Waals surface area contributed by atoms with Crippen LogP contribution in [0.25, 0.3) is 24.3 Å². The third kappa shape index (κ3) is 46.7. The number of quaternary nitrogens is 4. The van der Waals surface area contributed by atoms with Crippen LogP contribution in [-0.4, -0.2) is 259 Å². The summed E-state index contributed by atoms with van der Waals surface area (Å²) in [5.74, 6) is 3.36. The first kappa shape index (κ1) is 92.1. The lowest BCUT2D eigenvalue weighted by Crippen LogP contribution is -2.48. The van der Waals surface area contributed by atoms with Crippen molar-refractivity contribution in [3.63, 3.8) is 0 Å². The Hall–Kier alpha value is -4.14. The summed E-state index contributed by atoms with van der Waals surface area (Å²) in [5, 5.41) is 0. The Bertz CT molecular complexity index is 2210. The van der Waals surface area contributed by atoms with Gasteiger partial charge in [-0.1, -0.05) is 128 Å². The van der Waals surface area contributed by atoms with Crippen LogP contribution in [0.2, 0.25) is 0 Å². The summed E-state index contributed by atoms with van der Waals surface area (Å²) in [7, 11) is 16.5. The van der Waals surface area contributed by atoms with E-state index in [1.807, 2.05) is 0 Å². The van der Waals surface area contributed by atoms with Gasteiger partial charge in [0.15, 0.2) is 0 Å². The molecule has 0 amide bonds. The molecule has 102 heavy (non-hydrogen) atoms. The number of unbranched alkanes of at least 4 members (excludes halogenated alkanes) is 16. The summed E-state index contributed by atoms with van der Waals surface area (Å²) in [4.78, 5) is 0. The van der Waals surface area contributed by atoms with Crippen molar-refractivity contribution in [2.45, 2.75) is 182 Å². The summed E-state index contributed by atoms with van der Waals surface area (Å²) in [6, 6.07) is 21.6. The Morgan fingerprint density at radius 3 is 0.657 bits per heavy atom. The van der Waals surface area contributed by atoms with Crippen LogP contribution in [0.4, 0.5) is 0 Å². The zero-order valence-corrected chi connectivity index (χ0v) is 67.5. The minimum Gasteiger partial charge on any atom is -0.493 e. The van der Waals surface area contributed by atoms with Gasteiger partial charge < -0.3 is 74.8 Å². The number of hydrogen-bond donors (Lipinski definition) is 0. The van der Waals surface area contributed by atoms with Crippen LogP contribution < -0.4 is 18.9 Å². The van der Waals surface area contributed by atoms with E-state index in [0.717, 1.165) is 193 Å². The van der Waals surface area contributed by atoms with Crippen molar-refractivity contribution in [1.29, 1.82) is 0 Å². The molecule has 0 aromatic heterocycles. The molecule has 3 aromatic carbocycles. The Morgan fingerprint density at radius 2 is 0.441 bits per heavy atom. The SMILES string of the molecule is CCCCCC[N+](C)(CCCCOc1cc(/C=C/c2ccc(/C=C/c3cc(OCCCC[N+](C)(CCCCCC)CCOCCOC)cc(OCCCC[N+](C)(CCCCCC)CCOCCOC)c3)cc2)cc(OCCCC[N+](C)(CCCCCC)CCOCCOC)c1)CCOCCOC. The highest BCUT2D eigenvalue weighted by atomic mass is 16.5. The Kier molecular flexibility index (Phi) is 54.1. The molecule has 4 atom stereocenters. The molecular weight excluding hydrogens is 1280 g/mol. The largest absolute Gasteiger partial charge is 0.493 e. The lowest BCUT2D eigenvalue weighted by Gasteiger charge is -2.35. The minimum absolute atomic E-state index is 0.632. The number of nitrogens with zero attached hydrogens (tertiary/aromatic N) is 4. The number of ether oxygens (including phenoxy) is 12. The first-order chi connectivity index (χ1) is 49.7. The van der Waals surface area contributed by atoms with Crippen LogP contribution in [0.1, 0.15) is 204 Å². The summed E-state index contributed by atoms with van der Waals surface area (Å²) < 4.78 is 75.3. The van der Waals surface area contributed by atoms with Gasteiger partial charge in [0.05, 0.1) is 186 Å². The fourth-order valence-electron chi connectivity index (χ4n) is 13.1. The first-order valence-electron chi connectivity index (χ1n) is 40.6. The summed E-state index contributed by atoms with van der Waals surface area (Å²) in [5.41, 5.74) is 4.32. The highest BCUT2D eigenvalue weighted by molar-refractivity contribution is 5.74. The summed E-state index contributed by atoms with van der Waals surface area (Å²) in [6.45, 7) is 33.0. The van der Waals surface area contributed by atoms with Crippen molar-refractivity contribution in [3.05, 3.63) is 82.9 Å². The normalized spacial score (nSPS) is 14.3. The van der Waals surface area contributed by atoms with Crippen molar-refractivity contribution >= 4 is 24.3 Å². The predicted molar refractivity (Wildman–Crippen MR) is 427 cm³/mol. The smallest absolute Gasteiger partial charge is 0.123 e. The van der Waals surface area contributed by atoms with E-state index in [9.17, 15) is 0 Å². The van der Waals surface area contributed by atoms with Gasteiger partial charge in [-0.2, -0.15) is 0 Å². The second-order valence-electron chi connectivity index (χ2n) is 29.9. The zero-order chi connectivity index (χ0) is 73.8. The molecule has 3 rings (SSSR count). The topological polar surface area (TPSA) is 111 Å². The molecule has 0 bridgehead atoms. The van der Waals surface area contributed by atoms with Crippen molar-refractivity contribution in [2.24, 2.45) is 0 Å². The maximum atomic E-state index is 6.61. The average Bonchev–Trinajstić information content (AvgIpc) is 0.863. The van der Waals surface area contributed by atoms with Crippen LogP contribution in [0.3, 0.4) is 0 Å². The lowest BCUT2D eigenvalue weighted by molar-refractivity contribution is -0.910. The minimum atomic E-state index is 0.632. The highest BCUT2D eigenvalue weighted by Gasteiger charge is 2.25. The number of likely N-dealkylation sites (N-methyl/N-ethyl adjacent to an activating group) is 4. The number of hydrogen-bond acceptors (Lipinski definition) is 12. The molecule has 0 saturated heterocycles. The maximum absolute atomic E-state index is 6.61. The van der Waals surface area contributed by atoms with Crippen LogP contribution in [0.5, 0.6) is 23.0 Å². The monoisotopic (exact) mass is 1440 g/mol. The molecule has 0 aliphatic carbocycles. The fourth-order valence-corrected chi connectivity index (χ4v) is 13.1. The Balaban J connectivity index is 1.84. The molecule has 3 aromatic rings. The van der Waals surface area contributed by atoms with Gasteiger partial charge in [-0.25, -0.2) is 0 Å². The molecule has 16 nitrogen and oxygen atoms in total. The molecule has 0 heterocycles. The van der Waals surface area contributed by atoms with Gasteiger partial charge in [0.2, 0.25) is 0 Å². The Morgan fingerprint density at radius 1 is 0.225 bits per heavy atom. The second kappa shape index (κ2) is 59.9. The van der Waals surface area contributed by atoms with Crippen LogP contribution in [-0.2, 0) is 37.9 Å². The van der Waals surface area contributed by atoms with Gasteiger partial charge >= 0.3 is 0 Å². The van der Waals surface area contributed by atoms with E-state index in [1.165, 1.54) is 129 Å². The van der Waals surface area contributed by atoms with Gasteiger partial charge in [0.1, 0.15) is 49.2 Å². The predicted octanol–water partition coefficient (Wildman–Crippen LogP) is 17.4. The van der Waals surface area contributed by atoms with Crippen molar-refractivity contribution < 1.29 is 74.8 Å². The number of methoxy groups -OCH3 is 4. The van der Waals surface area contributed by atoms with Crippen LogP contribution >= 0.6 is 0 Å². The molecular formula is C86H154N4O12+4. The van der Waals surface area contributed by atoms with E-state index >= 15 is 0 Å². The molecule has 0 aliphatic rings. The molecule has 0 aliphatic heterocycles. The zero-order valence-electron chi connectivity index (χ0n) is 67.5. The van der Waals surface area contributed by atoms with Gasteiger partial charge in [-0.3, -0.25) is 0 Å². The van der Waals surface area contributed by atoms with Crippen molar-refractivity contribution in [2.75, 3.05) is 241 Å². The molecule has 0 fully saturated rings. The second-order valence-corrected chi connectivity index (χ2v) is 29.9. The first-order valence-corrected chi connectivity index (χ1v) is 40.6. The number of benzene rings is 3. The Labute approximate surface area is 624 Å². The molecule has 586 valence electrons. The van der Waals surface area contributed by atoms with Crippen LogP contribution in [0.15, 0.2) is 60.7 Å². The summed E-state index contributed by atoms with van der Waals surface area (Å²) in [6.07, 6.45) is 37.3. The molecule has 16 heteroatoms. The third-order valence-corrected chi connectivity index (χ3v) is 20.2. The third-order valence-electron chi connectivity index (χ3n) is 20.2. The quantitative estimate of drug-likeness (QED) is 0.0305. The van der Waals surface area contributed by atoms with Gasteiger partial charge in [0.25, 0.3) is 0 Å². The van der Waals surface area contributed by atoms with E-state index < -0.39 is 0 Å². The maximum Gasteiger partial charge on any atom is 0.123 e. The van der Waals surface area contributed by atoms with E-state index in [2.05, 4.69) is 141 Å². The van der Waals surface area contributed by atoms with E-state index in [0.29, 0.717) is 79.3 Å². The van der Waals surface area contributed by atoms with Gasteiger partial charge in [-0.05, 0) is 149 Å². The number of rotatable bonds is 72. The molecule has 0 spiro atoms.